The van der Waals surface area contributed by atoms with Crippen molar-refractivity contribution in [2.75, 3.05) is 13.6 Å². The van der Waals surface area contributed by atoms with Crippen LogP contribution < -0.4 is 5.32 Å². The molecular formula is C15H22ClFN2. The van der Waals surface area contributed by atoms with Crippen molar-refractivity contribution in [2.45, 2.75) is 44.8 Å². The standard InChI is InChI=1S/C15H22ClFN2/c1-10-8-13(6-7-19(10)3)18-11(2)12-4-5-14(16)15(17)9-12/h4-5,9-11,13,18H,6-8H2,1-3H3. The Hall–Kier alpha value is -0.640. The van der Waals surface area contributed by atoms with Crippen molar-refractivity contribution in [2.24, 2.45) is 0 Å². The van der Waals surface area contributed by atoms with Crippen molar-refractivity contribution >= 4 is 11.6 Å². The van der Waals surface area contributed by atoms with E-state index in [9.17, 15) is 4.39 Å². The van der Waals surface area contributed by atoms with Crippen LogP contribution in [0.25, 0.3) is 0 Å². The van der Waals surface area contributed by atoms with E-state index in [0.29, 0.717) is 12.1 Å². The van der Waals surface area contributed by atoms with Crippen LogP contribution in [0.2, 0.25) is 5.02 Å². The maximum atomic E-state index is 13.5. The van der Waals surface area contributed by atoms with Gasteiger partial charge >= 0.3 is 0 Å². The predicted octanol–water partition coefficient (Wildman–Crippen LogP) is 3.61. The van der Waals surface area contributed by atoms with Gasteiger partial charge in [0.1, 0.15) is 5.82 Å². The Morgan fingerprint density at radius 3 is 2.84 bits per heavy atom. The van der Waals surface area contributed by atoms with Gasteiger partial charge in [0.25, 0.3) is 0 Å². The number of benzene rings is 1. The van der Waals surface area contributed by atoms with Crippen LogP contribution in [0.5, 0.6) is 0 Å². The largest absolute Gasteiger partial charge is 0.307 e. The number of piperidine rings is 1. The first kappa shape index (κ1) is 14.8. The lowest BCUT2D eigenvalue weighted by Gasteiger charge is -2.36. The first-order valence-corrected chi connectivity index (χ1v) is 7.26. The lowest BCUT2D eigenvalue weighted by Crippen LogP contribution is -2.46. The van der Waals surface area contributed by atoms with Crippen molar-refractivity contribution in [3.63, 3.8) is 0 Å². The first-order chi connectivity index (χ1) is 8.97. The average Bonchev–Trinajstić information content (AvgIpc) is 2.37. The summed E-state index contributed by atoms with van der Waals surface area (Å²) >= 11 is 5.71. The zero-order chi connectivity index (χ0) is 14.0. The molecule has 0 aromatic heterocycles. The highest BCUT2D eigenvalue weighted by molar-refractivity contribution is 6.30. The molecule has 0 aliphatic carbocycles. The van der Waals surface area contributed by atoms with Crippen molar-refractivity contribution in [1.82, 2.24) is 10.2 Å². The number of halogens is 2. The van der Waals surface area contributed by atoms with Gasteiger partial charge in [0, 0.05) is 18.1 Å². The molecule has 2 nitrogen and oxygen atoms in total. The third-order valence-corrected chi connectivity index (χ3v) is 4.44. The third kappa shape index (κ3) is 3.68. The van der Waals surface area contributed by atoms with E-state index >= 15 is 0 Å². The van der Waals surface area contributed by atoms with E-state index in [1.165, 1.54) is 6.07 Å². The summed E-state index contributed by atoms with van der Waals surface area (Å²) in [5, 5.41) is 3.78. The van der Waals surface area contributed by atoms with Gasteiger partial charge < -0.3 is 10.2 Å². The molecule has 1 saturated heterocycles. The summed E-state index contributed by atoms with van der Waals surface area (Å²) in [4.78, 5) is 2.38. The average molecular weight is 285 g/mol. The van der Waals surface area contributed by atoms with E-state index in [1.54, 1.807) is 6.07 Å². The van der Waals surface area contributed by atoms with Crippen molar-refractivity contribution < 1.29 is 4.39 Å². The van der Waals surface area contributed by atoms with Gasteiger partial charge in [-0.1, -0.05) is 17.7 Å². The Bertz CT molecular complexity index is 438. The Morgan fingerprint density at radius 1 is 1.47 bits per heavy atom. The molecule has 3 unspecified atom stereocenters. The van der Waals surface area contributed by atoms with Gasteiger partial charge in [-0.3, -0.25) is 0 Å². The summed E-state index contributed by atoms with van der Waals surface area (Å²) in [6.45, 7) is 5.44. The number of nitrogens with zero attached hydrogens (tertiary/aromatic N) is 1. The minimum Gasteiger partial charge on any atom is -0.307 e. The fourth-order valence-electron chi connectivity index (χ4n) is 2.67. The van der Waals surface area contributed by atoms with Gasteiger partial charge in [0.05, 0.1) is 5.02 Å². The molecule has 1 N–H and O–H groups in total. The quantitative estimate of drug-likeness (QED) is 0.912. The Labute approximate surface area is 119 Å². The van der Waals surface area contributed by atoms with E-state index in [1.807, 2.05) is 6.07 Å². The molecule has 2 rings (SSSR count). The van der Waals surface area contributed by atoms with Gasteiger partial charge in [-0.05, 0) is 58.0 Å². The van der Waals surface area contributed by atoms with Crippen LogP contribution in [0.3, 0.4) is 0 Å². The maximum absolute atomic E-state index is 13.5. The predicted molar refractivity (Wildman–Crippen MR) is 78.1 cm³/mol. The highest BCUT2D eigenvalue weighted by Gasteiger charge is 2.24. The van der Waals surface area contributed by atoms with Crippen LogP contribution in [-0.4, -0.2) is 30.6 Å². The van der Waals surface area contributed by atoms with Gasteiger partial charge in [-0.15, -0.1) is 0 Å². The lowest BCUT2D eigenvalue weighted by molar-refractivity contribution is 0.163. The summed E-state index contributed by atoms with van der Waals surface area (Å²) < 4.78 is 13.5. The smallest absolute Gasteiger partial charge is 0.142 e. The van der Waals surface area contributed by atoms with Crippen LogP contribution in [-0.2, 0) is 0 Å². The zero-order valence-corrected chi connectivity index (χ0v) is 12.5. The van der Waals surface area contributed by atoms with Gasteiger partial charge in [0.15, 0.2) is 0 Å². The van der Waals surface area contributed by atoms with E-state index < -0.39 is 0 Å². The van der Waals surface area contributed by atoms with Crippen LogP contribution in [0, 0.1) is 5.82 Å². The lowest BCUT2D eigenvalue weighted by atomic mass is 9.97. The molecule has 3 atom stereocenters. The maximum Gasteiger partial charge on any atom is 0.142 e. The Morgan fingerprint density at radius 2 is 2.21 bits per heavy atom. The fourth-order valence-corrected chi connectivity index (χ4v) is 2.79. The highest BCUT2D eigenvalue weighted by Crippen LogP contribution is 2.23. The van der Waals surface area contributed by atoms with Gasteiger partial charge in [-0.2, -0.15) is 0 Å². The summed E-state index contributed by atoms with van der Waals surface area (Å²) in [5.74, 6) is -0.343. The summed E-state index contributed by atoms with van der Waals surface area (Å²) in [7, 11) is 2.17. The van der Waals surface area contributed by atoms with Crippen LogP contribution >= 0.6 is 11.6 Å². The molecule has 1 aromatic rings. The molecule has 0 saturated carbocycles. The van der Waals surface area contributed by atoms with Crippen molar-refractivity contribution in [1.29, 1.82) is 0 Å². The summed E-state index contributed by atoms with van der Waals surface area (Å²) in [5.41, 5.74) is 0.952. The molecule has 1 aromatic carbocycles. The number of rotatable bonds is 3. The Kier molecular flexibility index (Phi) is 4.82. The number of hydrogen-bond donors (Lipinski definition) is 1. The second-order valence-corrected chi connectivity index (χ2v) is 6.02. The topological polar surface area (TPSA) is 15.3 Å². The molecule has 1 aliphatic rings. The monoisotopic (exact) mass is 284 g/mol. The second kappa shape index (κ2) is 6.21. The van der Waals surface area contributed by atoms with Crippen LogP contribution in [0.1, 0.15) is 38.3 Å². The van der Waals surface area contributed by atoms with E-state index in [4.69, 9.17) is 11.6 Å². The minimum absolute atomic E-state index is 0.146. The van der Waals surface area contributed by atoms with Gasteiger partial charge in [-0.25, -0.2) is 4.39 Å². The summed E-state index contributed by atoms with van der Waals surface area (Å²) in [6.07, 6.45) is 2.28. The molecule has 19 heavy (non-hydrogen) atoms. The third-order valence-electron chi connectivity index (χ3n) is 4.14. The summed E-state index contributed by atoms with van der Waals surface area (Å²) in [6, 6.07) is 6.29. The zero-order valence-electron chi connectivity index (χ0n) is 11.8. The number of likely N-dealkylation sites (tertiary alicyclic amines) is 1. The van der Waals surface area contributed by atoms with Crippen LogP contribution in [0.15, 0.2) is 18.2 Å². The van der Waals surface area contributed by atoms with Crippen molar-refractivity contribution in [3.05, 3.63) is 34.6 Å². The molecule has 0 radical (unpaired) electrons. The molecule has 1 heterocycles. The van der Waals surface area contributed by atoms with E-state index in [0.717, 1.165) is 24.9 Å². The molecule has 1 aliphatic heterocycles. The van der Waals surface area contributed by atoms with Crippen LogP contribution in [0.4, 0.5) is 4.39 Å². The molecule has 106 valence electrons. The molecule has 1 fully saturated rings. The first-order valence-electron chi connectivity index (χ1n) is 6.88. The number of nitrogens with one attached hydrogen (secondary N) is 1. The molecule has 0 bridgehead atoms. The normalized spacial score (nSPS) is 26.4. The molecule has 0 amide bonds. The van der Waals surface area contributed by atoms with Gasteiger partial charge in [0.2, 0.25) is 0 Å². The fraction of sp³-hybridized carbons (Fsp3) is 0.600. The molecule has 0 spiro atoms. The Balaban J connectivity index is 1.97. The van der Waals surface area contributed by atoms with E-state index in [-0.39, 0.29) is 16.9 Å². The highest BCUT2D eigenvalue weighted by atomic mass is 35.5. The number of hydrogen-bond acceptors (Lipinski definition) is 2. The minimum atomic E-state index is -0.343. The van der Waals surface area contributed by atoms with Crippen molar-refractivity contribution in [3.8, 4) is 0 Å². The van der Waals surface area contributed by atoms with E-state index in [2.05, 4.69) is 31.1 Å². The second-order valence-electron chi connectivity index (χ2n) is 5.61. The molecule has 4 heteroatoms. The molecular weight excluding hydrogens is 263 g/mol. The SMILES string of the molecule is CC(NC1CCN(C)C(C)C1)c1ccc(Cl)c(F)c1.